The first-order valence-electron chi connectivity index (χ1n) is 7.57. The van der Waals surface area contributed by atoms with E-state index in [0.29, 0.717) is 5.69 Å². The second-order valence-electron chi connectivity index (χ2n) is 5.80. The van der Waals surface area contributed by atoms with Gasteiger partial charge in [-0.2, -0.15) is 0 Å². The SMILES string of the molecule is Cc1ccc(C)c(NC(=O)[C@@H](C)Oc2ccc(C)cc2[N+](=O)[O-])c1. The summed E-state index contributed by atoms with van der Waals surface area (Å²) in [5.74, 6) is -0.284. The van der Waals surface area contributed by atoms with E-state index in [0.717, 1.165) is 16.7 Å². The summed E-state index contributed by atoms with van der Waals surface area (Å²) in [6.45, 7) is 7.15. The van der Waals surface area contributed by atoms with Gasteiger partial charge in [-0.15, -0.1) is 0 Å². The van der Waals surface area contributed by atoms with Crippen LogP contribution in [0.5, 0.6) is 5.75 Å². The highest BCUT2D eigenvalue weighted by Gasteiger charge is 2.21. The fraction of sp³-hybridized carbons (Fsp3) is 0.278. The number of ether oxygens (including phenoxy) is 1. The Morgan fingerprint density at radius 1 is 1.12 bits per heavy atom. The molecule has 1 N–H and O–H groups in total. The predicted octanol–water partition coefficient (Wildman–Crippen LogP) is 3.93. The molecule has 2 aromatic carbocycles. The normalized spacial score (nSPS) is 11.7. The number of nitro groups is 1. The minimum atomic E-state index is -0.869. The number of rotatable bonds is 5. The van der Waals surface area contributed by atoms with Crippen molar-refractivity contribution in [2.45, 2.75) is 33.8 Å². The molecule has 1 amide bonds. The maximum Gasteiger partial charge on any atom is 0.311 e. The zero-order valence-electron chi connectivity index (χ0n) is 14.1. The molecule has 0 aromatic heterocycles. The molecule has 0 spiro atoms. The standard InChI is InChI=1S/C18H20N2O4/c1-11-5-7-13(3)15(9-11)19-18(21)14(4)24-17-8-6-12(2)10-16(17)20(22)23/h5-10,14H,1-4H3,(H,19,21)/t14-/m1/s1. The van der Waals surface area contributed by atoms with E-state index in [4.69, 9.17) is 4.74 Å². The number of carbonyl (C=O) groups is 1. The van der Waals surface area contributed by atoms with E-state index in [2.05, 4.69) is 5.32 Å². The zero-order valence-corrected chi connectivity index (χ0v) is 14.1. The quantitative estimate of drug-likeness (QED) is 0.666. The molecular weight excluding hydrogens is 308 g/mol. The first-order chi connectivity index (χ1) is 11.3. The maximum absolute atomic E-state index is 12.3. The monoisotopic (exact) mass is 328 g/mol. The van der Waals surface area contributed by atoms with Crippen molar-refractivity contribution in [2.24, 2.45) is 0 Å². The zero-order chi connectivity index (χ0) is 17.9. The van der Waals surface area contributed by atoms with Crippen molar-refractivity contribution in [1.82, 2.24) is 0 Å². The van der Waals surface area contributed by atoms with E-state index in [1.807, 2.05) is 32.0 Å². The average Bonchev–Trinajstić information content (AvgIpc) is 2.52. The Bertz CT molecular complexity index is 787. The Kier molecular flexibility index (Phi) is 5.18. The van der Waals surface area contributed by atoms with Gasteiger partial charge in [-0.1, -0.05) is 18.2 Å². The van der Waals surface area contributed by atoms with Gasteiger partial charge < -0.3 is 10.1 Å². The number of nitrogens with zero attached hydrogens (tertiary/aromatic N) is 1. The van der Waals surface area contributed by atoms with Crippen molar-refractivity contribution in [3.8, 4) is 5.75 Å². The van der Waals surface area contributed by atoms with Crippen LogP contribution >= 0.6 is 0 Å². The van der Waals surface area contributed by atoms with E-state index in [1.54, 1.807) is 19.9 Å². The van der Waals surface area contributed by atoms with Crippen molar-refractivity contribution >= 4 is 17.3 Å². The van der Waals surface area contributed by atoms with Crippen molar-refractivity contribution in [3.05, 3.63) is 63.2 Å². The van der Waals surface area contributed by atoms with Crippen LogP contribution in [0, 0.1) is 30.9 Å². The largest absolute Gasteiger partial charge is 0.474 e. The molecule has 1 atom stereocenters. The number of anilines is 1. The van der Waals surface area contributed by atoms with Gasteiger partial charge in [0, 0.05) is 11.8 Å². The number of hydrogen-bond acceptors (Lipinski definition) is 4. The molecule has 0 aliphatic heterocycles. The lowest BCUT2D eigenvalue weighted by Crippen LogP contribution is -2.30. The van der Waals surface area contributed by atoms with Gasteiger partial charge in [0.25, 0.3) is 5.91 Å². The van der Waals surface area contributed by atoms with Crippen LogP contribution in [-0.2, 0) is 4.79 Å². The van der Waals surface area contributed by atoms with Crippen LogP contribution < -0.4 is 10.1 Å². The molecule has 6 heteroatoms. The Morgan fingerprint density at radius 2 is 1.75 bits per heavy atom. The fourth-order valence-corrected chi connectivity index (χ4v) is 2.22. The summed E-state index contributed by atoms with van der Waals surface area (Å²) in [6.07, 6.45) is -0.869. The minimum Gasteiger partial charge on any atom is -0.474 e. The molecule has 0 saturated carbocycles. The lowest BCUT2D eigenvalue weighted by molar-refractivity contribution is -0.386. The molecule has 0 bridgehead atoms. The fourth-order valence-electron chi connectivity index (χ4n) is 2.22. The van der Waals surface area contributed by atoms with E-state index in [9.17, 15) is 14.9 Å². The van der Waals surface area contributed by atoms with Crippen molar-refractivity contribution in [3.63, 3.8) is 0 Å². The van der Waals surface area contributed by atoms with Gasteiger partial charge in [-0.25, -0.2) is 0 Å². The molecule has 126 valence electrons. The average molecular weight is 328 g/mol. The summed E-state index contributed by atoms with van der Waals surface area (Å²) in [5.41, 5.74) is 3.26. The molecule has 6 nitrogen and oxygen atoms in total. The van der Waals surface area contributed by atoms with Gasteiger partial charge >= 0.3 is 5.69 Å². The summed E-state index contributed by atoms with van der Waals surface area (Å²) in [5, 5.41) is 13.9. The smallest absolute Gasteiger partial charge is 0.311 e. The molecule has 0 saturated heterocycles. The molecule has 0 heterocycles. The second-order valence-corrected chi connectivity index (χ2v) is 5.80. The summed E-state index contributed by atoms with van der Waals surface area (Å²) >= 11 is 0. The maximum atomic E-state index is 12.3. The number of benzene rings is 2. The van der Waals surface area contributed by atoms with Crippen LogP contribution in [-0.4, -0.2) is 16.9 Å². The highest BCUT2D eigenvalue weighted by molar-refractivity contribution is 5.94. The first kappa shape index (κ1) is 17.5. The minimum absolute atomic E-state index is 0.0780. The van der Waals surface area contributed by atoms with E-state index in [-0.39, 0.29) is 17.3 Å². The van der Waals surface area contributed by atoms with Gasteiger partial charge in [-0.3, -0.25) is 14.9 Å². The van der Waals surface area contributed by atoms with E-state index >= 15 is 0 Å². The predicted molar refractivity (Wildman–Crippen MR) is 92.5 cm³/mol. The number of carbonyl (C=O) groups excluding carboxylic acids is 1. The first-order valence-corrected chi connectivity index (χ1v) is 7.57. The number of amides is 1. The van der Waals surface area contributed by atoms with E-state index < -0.39 is 11.0 Å². The van der Waals surface area contributed by atoms with Crippen LogP contribution in [0.2, 0.25) is 0 Å². The van der Waals surface area contributed by atoms with Gasteiger partial charge in [0.15, 0.2) is 11.9 Å². The van der Waals surface area contributed by atoms with Crippen LogP contribution in [0.3, 0.4) is 0 Å². The molecule has 24 heavy (non-hydrogen) atoms. The highest BCUT2D eigenvalue weighted by Crippen LogP contribution is 2.29. The summed E-state index contributed by atoms with van der Waals surface area (Å²) < 4.78 is 5.51. The molecule has 0 unspecified atom stereocenters. The lowest BCUT2D eigenvalue weighted by Gasteiger charge is -2.16. The van der Waals surface area contributed by atoms with E-state index in [1.165, 1.54) is 12.1 Å². The topological polar surface area (TPSA) is 81.5 Å². The third kappa shape index (κ3) is 4.10. The Balaban J connectivity index is 2.15. The molecule has 0 aliphatic carbocycles. The lowest BCUT2D eigenvalue weighted by atomic mass is 10.1. The van der Waals surface area contributed by atoms with Crippen LogP contribution in [0.1, 0.15) is 23.6 Å². The summed E-state index contributed by atoms with van der Waals surface area (Å²) in [4.78, 5) is 22.9. The molecule has 0 fully saturated rings. The highest BCUT2D eigenvalue weighted by atomic mass is 16.6. The van der Waals surface area contributed by atoms with Gasteiger partial charge in [0.1, 0.15) is 0 Å². The summed E-state index contributed by atoms with van der Waals surface area (Å²) in [6, 6.07) is 10.4. The van der Waals surface area contributed by atoms with Crippen molar-refractivity contribution < 1.29 is 14.5 Å². The van der Waals surface area contributed by atoms with Crippen molar-refractivity contribution in [1.29, 1.82) is 0 Å². The third-order valence-electron chi connectivity index (χ3n) is 3.64. The summed E-state index contributed by atoms with van der Waals surface area (Å²) in [7, 11) is 0. The molecule has 0 radical (unpaired) electrons. The molecule has 2 rings (SSSR count). The Hall–Kier alpha value is -2.89. The van der Waals surface area contributed by atoms with Gasteiger partial charge in [0.2, 0.25) is 0 Å². The number of nitro benzene ring substituents is 1. The van der Waals surface area contributed by atoms with Gasteiger partial charge in [0.05, 0.1) is 4.92 Å². The van der Waals surface area contributed by atoms with Crippen LogP contribution in [0.4, 0.5) is 11.4 Å². The van der Waals surface area contributed by atoms with Crippen LogP contribution in [0.25, 0.3) is 0 Å². The molecular formula is C18H20N2O4. The number of hydrogen-bond donors (Lipinski definition) is 1. The second kappa shape index (κ2) is 7.12. The number of aryl methyl sites for hydroxylation is 3. The Labute approximate surface area is 140 Å². The van der Waals surface area contributed by atoms with Crippen molar-refractivity contribution in [2.75, 3.05) is 5.32 Å². The Morgan fingerprint density at radius 3 is 2.42 bits per heavy atom. The number of nitrogens with one attached hydrogen (secondary N) is 1. The van der Waals surface area contributed by atoms with Gasteiger partial charge in [-0.05, 0) is 56.5 Å². The molecule has 2 aromatic rings. The van der Waals surface area contributed by atoms with Crippen LogP contribution in [0.15, 0.2) is 36.4 Å². The molecule has 0 aliphatic rings. The third-order valence-corrected chi connectivity index (χ3v) is 3.64.